The van der Waals surface area contributed by atoms with E-state index in [0.29, 0.717) is 11.5 Å². The van der Waals surface area contributed by atoms with Crippen LogP contribution >= 0.6 is 0 Å². The average molecular weight is 447 g/mol. The minimum Gasteiger partial charge on any atom is -0.493 e. The molecule has 0 aliphatic carbocycles. The number of rotatable bonds is 3. The van der Waals surface area contributed by atoms with Crippen molar-refractivity contribution in [2.75, 3.05) is 14.2 Å². The van der Waals surface area contributed by atoms with Crippen LogP contribution in [0, 0.1) is 0 Å². The number of benzene rings is 1. The fraction of sp³-hybridized carbons (Fsp3) is 0.0714. The molecule has 34 heavy (non-hydrogen) atoms. The standard InChI is InChI=1S/C28H22N4O2/c1-33-26-12-3-17(13-27(26)34-2)28-24-10-8-22(31-24)15-20-6-4-18(29-20)14-19-5-7-21(30-19)16-23-9-11-25(28)32-23/h3-16,29,32H,1-2H3. The van der Waals surface area contributed by atoms with E-state index in [0.717, 1.165) is 56.0 Å². The third-order valence-electron chi connectivity index (χ3n) is 5.89. The minimum atomic E-state index is 0.667. The Morgan fingerprint density at radius 1 is 0.588 bits per heavy atom. The predicted molar refractivity (Wildman–Crippen MR) is 137 cm³/mol. The molecule has 6 rings (SSSR count). The third kappa shape index (κ3) is 3.65. The van der Waals surface area contributed by atoms with Crippen LogP contribution in [0.5, 0.6) is 11.5 Å². The van der Waals surface area contributed by atoms with E-state index < -0.39 is 0 Å². The van der Waals surface area contributed by atoms with Crippen LogP contribution in [0.2, 0.25) is 0 Å². The van der Waals surface area contributed by atoms with E-state index in [1.807, 2.05) is 72.8 Å². The van der Waals surface area contributed by atoms with Gasteiger partial charge in [-0.15, -0.1) is 0 Å². The predicted octanol–water partition coefficient (Wildman–Crippen LogP) is 6.34. The summed E-state index contributed by atoms with van der Waals surface area (Å²) in [6.45, 7) is 0. The Kier molecular flexibility index (Phi) is 4.77. The van der Waals surface area contributed by atoms with Gasteiger partial charge in [-0.25, -0.2) is 9.97 Å². The Labute approximate surface area is 196 Å². The Morgan fingerprint density at radius 3 is 1.91 bits per heavy atom. The van der Waals surface area contributed by atoms with Crippen LogP contribution in [0.1, 0.15) is 22.8 Å². The maximum atomic E-state index is 5.57. The first kappa shape index (κ1) is 20.1. The lowest BCUT2D eigenvalue weighted by Gasteiger charge is -2.10. The van der Waals surface area contributed by atoms with E-state index in [1.165, 1.54) is 0 Å². The number of fused-ring (bicyclic) bond motifs is 8. The van der Waals surface area contributed by atoms with Crippen molar-refractivity contribution in [3.8, 4) is 22.6 Å². The first-order valence-corrected chi connectivity index (χ1v) is 11.0. The van der Waals surface area contributed by atoms with Gasteiger partial charge in [0.1, 0.15) is 0 Å². The highest BCUT2D eigenvalue weighted by Crippen LogP contribution is 2.36. The molecular formula is C28H22N4O2. The fourth-order valence-corrected chi connectivity index (χ4v) is 4.30. The molecule has 0 atom stereocenters. The number of aromatic amines is 2. The molecule has 4 aromatic rings. The second kappa shape index (κ2) is 8.08. The molecule has 2 aliphatic heterocycles. The highest BCUT2D eigenvalue weighted by molar-refractivity contribution is 5.91. The number of nitrogens with zero attached hydrogens (tertiary/aromatic N) is 2. The van der Waals surface area contributed by atoms with E-state index >= 15 is 0 Å². The zero-order valence-corrected chi connectivity index (χ0v) is 18.8. The van der Waals surface area contributed by atoms with Crippen molar-refractivity contribution < 1.29 is 9.47 Å². The Hall–Kier alpha value is -4.58. The second-order valence-electron chi connectivity index (χ2n) is 8.12. The number of methoxy groups -OCH3 is 2. The number of nitrogens with one attached hydrogen (secondary N) is 2. The molecule has 166 valence electrons. The van der Waals surface area contributed by atoms with Gasteiger partial charge < -0.3 is 19.4 Å². The van der Waals surface area contributed by atoms with Gasteiger partial charge in [-0.1, -0.05) is 6.07 Å². The van der Waals surface area contributed by atoms with Gasteiger partial charge in [0.25, 0.3) is 0 Å². The molecule has 8 bridgehead atoms. The van der Waals surface area contributed by atoms with E-state index in [-0.39, 0.29) is 0 Å². The van der Waals surface area contributed by atoms with Gasteiger partial charge in [0.05, 0.1) is 37.0 Å². The van der Waals surface area contributed by atoms with Crippen molar-refractivity contribution in [3.05, 3.63) is 83.4 Å². The van der Waals surface area contributed by atoms with Crippen molar-refractivity contribution in [3.63, 3.8) is 0 Å². The summed E-state index contributed by atoms with van der Waals surface area (Å²) in [6, 6.07) is 20.2. The van der Waals surface area contributed by atoms with Crippen LogP contribution in [0.25, 0.3) is 57.5 Å². The van der Waals surface area contributed by atoms with Crippen LogP contribution in [0.15, 0.2) is 60.7 Å². The molecule has 0 radical (unpaired) electrons. The zero-order chi connectivity index (χ0) is 23.1. The molecule has 6 heteroatoms. The van der Waals surface area contributed by atoms with Crippen molar-refractivity contribution in [2.24, 2.45) is 0 Å². The molecule has 0 saturated heterocycles. The lowest BCUT2D eigenvalue weighted by Crippen LogP contribution is -1.92. The summed E-state index contributed by atoms with van der Waals surface area (Å²) >= 11 is 0. The van der Waals surface area contributed by atoms with Gasteiger partial charge in [-0.2, -0.15) is 0 Å². The van der Waals surface area contributed by atoms with E-state index in [2.05, 4.69) is 22.1 Å². The van der Waals surface area contributed by atoms with E-state index in [4.69, 9.17) is 19.4 Å². The SMILES string of the molecule is COc1ccc(-c2c3nc(cc4ccc(cc5nc(cc6ccc2[nH]6)C=C5)[nH]4)C=C3)cc1OC. The zero-order valence-electron chi connectivity index (χ0n) is 18.8. The highest BCUT2D eigenvalue weighted by atomic mass is 16.5. The van der Waals surface area contributed by atoms with Crippen LogP contribution in [0.3, 0.4) is 0 Å². The molecule has 2 N–H and O–H groups in total. The summed E-state index contributed by atoms with van der Waals surface area (Å²) in [5.41, 5.74) is 9.39. The number of hydrogen-bond donors (Lipinski definition) is 2. The molecule has 0 fully saturated rings. The molecular weight excluding hydrogens is 424 g/mol. The van der Waals surface area contributed by atoms with Crippen molar-refractivity contribution in [1.29, 1.82) is 0 Å². The van der Waals surface area contributed by atoms with E-state index in [9.17, 15) is 0 Å². The largest absolute Gasteiger partial charge is 0.493 e. The molecule has 0 spiro atoms. The molecule has 0 saturated carbocycles. The number of H-pyrrole nitrogens is 2. The van der Waals surface area contributed by atoms with Crippen molar-refractivity contribution >= 4 is 46.4 Å². The lowest BCUT2D eigenvalue weighted by molar-refractivity contribution is 0.355. The van der Waals surface area contributed by atoms with E-state index in [1.54, 1.807) is 14.2 Å². The van der Waals surface area contributed by atoms with Gasteiger partial charge in [0.15, 0.2) is 11.5 Å². The van der Waals surface area contributed by atoms with Gasteiger partial charge in [-0.3, -0.25) is 0 Å². The lowest BCUT2D eigenvalue weighted by atomic mass is 10.0. The first-order valence-electron chi connectivity index (χ1n) is 11.0. The molecule has 6 nitrogen and oxygen atoms in total. The van der Waals surface area contributed by atoms with Crippen molar-refractivity contribution in [1.82, 2.24) is 19.9 Å². The fourth-order valence-electron chi connectivity index (χ4n) is 4.30. The number of hydrogen-bond acceptors (Lipinski definition) is 4. The summed E-state index contributed by atoms with van der Waals surface area (Å²) in [4.78, 5) is 16.6. The minimum absolute atomic E-state index is 0.667. The molecule has 0 unspecified atom stereocenters. The van der Waals surface area contributed by atoms with Gasteiger partial charge >= 0.3 is 0 Å². The van der Waals surface area contributed by atoms with Crippen molar-refractivity contribution in [2.45, 2.75) is 0 Å². The monoisotopic (exact) mass is 446 g/mol. The maximum absolute atomic E-state index is 5.57. The summed E-state index contributed by atoms with van der Waals surface area (Å²) in [7, 11) is 3.28. The van der Waals surface area contributed by atoms with Crippen LogP contribution in [0.4, 0.5) is 0 Å². The van der Waals surface area contributed by atoms with Gasteiger partial charge in [0, 0.05) is 27.6 Å². The van der Waals surface area contributed by atoms with Crippen LogP contribution in [-0.4, -0.2) is 34.2 Å². The normalized spacial score (nSPS) is 12.2. The summed E-state index contributed by atoms with van der Waals surface area (Å²) in [5, 5.41) is 0. The number of aromatic nitrogens is 4. The van der Waals surface area contributed by atoms with Gasteiger partial charge in [-0.05, 0) is 84.5 Å². The molecule has 3 aromatic heterocycles. The maximum Gasteiger partial charge on any atom is 0.161 e. The summed E-state index contributed by atoms with van der Waals surface area (Å²) in [5.74, 6) is 1.35. The second-order valence-corrected chi connectivity index (χ2v) is 8.12. The molecule has 2 aliphatic rings. The topological polar surface area (TPSA) is 75.8 Å². The first-order chi connectivity index (χ1) is 16.7. The quantitative estimate of drug-likeness (QED) is 0.333. The smallest absolute Gasteiger partial charge is 0.161 e. The third-order valence-corrected chi connectivity index (χ3v) is 5.89. The molecule has 5 heterocycles. The van der Waals surface area contributed by atoms with Gasteiger partial charge in [0.2, 0.25) is 0 Å². The Bertz CT molecular complexity index is 1640. The number of ether oxygens (including phenoxy) is 2. The average Bonchev–Trinajstić information content (AvgIpc) is 3.65. The van der Waals surface area contributed by atoms with Crippen LogP contribution in [-0.2, 0) is 0 Å². The highest BCUT2D eigenvalue weighted by Gasteiger charge is 2.13. The summed E-state index contributed by atoms with van der Waals surface area (Å²) < 4.78 is 11.0. The van der Waals surface area contributed by atoms with Crippen LogP contribution < -0.4 is 9.47 Å². The molecule has 1 aromatic carbocycles. The summed E-state index contributed by atoms with van der Waals surface area (Å²) in [6.07, 6.45) is 8.10. The Balaban J connectivity index is 1.68. The Morgan fingerprint density at radius 2 is 1.21 bits per heavy atom. The molecule has 0 amide bonds.